The zero-order chi connectivity index (χ0) is 12.3. The molecule has 1 aliphatic rings. The highest BCUT2D eigenvalue weighted by Crippen LogP contribution is 2.12. The van der Waals surface area contributed by atoms with Crippen LogP contribution in [0.5, 0.6) is 0 Å². The number of nitrogens with zero attached hydrogens (tertiary/aromatic N) is 2. The lowest BCUT2D eigenvalue weighted by Crippen LogP contribution is -2.45. The Bertz CT molecular complexity index is 450. The van der Waals surface area contributed by atoms with E-state index >= 15 is 0 Å². The van der Waals surface area contributed by atoms with E-state index < -0.39 is 6.10 Å². The normalized spacial score (nSPS) is 19.7. The third-order valence-corrected chi connectivity index (χ3v) is 2.66. The molecule has 88 valence electrons. The van der Waals surface area contributed by atoms with Gasteiger partial charge in [0.1, 0.15) is 0 Å². The van der Waals surface area contributed by atoms with Crippen molar-refractivity contribution in [1.29, 1.82) is 5.26 Å². The monoisotopic (exact) mass is 231 g/mol. The minimum Gasteiger partial charge on any atom is -0.399 e. The van der Waals surface area contributed by atoms with Gasteiger partial charge in [0, 0.05) is 17.8 Å². The first-order valence-corrected chi connectivity index (χ1v) is 5.37. The van der Waals surface area contributed by atoms with E-state index in [0.717, 1.165) is 0 Å². The molecule has 1 heterocycles. The first kappa shape index (κ1) is 11.4. The Morgan fingerprint density at radius 2 is 2.18 bits per heavy atom. The summed E-state index contributed by atoms with van der Waals surface area (Å²) >= 11 is 0. The lowest BCUT2D eigenvalue weighted by molar-refractivity contribution is 0.00347. The van der Waals surface area contributed by atoms with Crippen LogP contribution in [-0.2, 0) is 4.74 Å². The van der Waals surface area contributed by atoms with Crippen molar-refractivity contribution in [3.05, 3.63) is 29.8 Å². The van der Waals surface area contributed by atoms with Gasteiger partial charge in [0.25, 0.3) is 5.91 Å². The third-order valence-electron chi connectivity index (χ3n) is 2.66. The van der Waals surface area contributed by atoms with Gasteiger partial charge in [0.15, 0.2) is 6.10 Å². The van der Waals surface area contributed by atoms with E-state index in [0.29, 0.717) is 30.9 Å². The van der Waals surface area contributed by atoms with E-state index in [4.69, 9.17) is 15.7 Å². The second kappa shape index (κ2) is 4.85. The molecule has 0 aromatic heterocycles. The van der Waals surface area contributed by atoms with Gasteiger partial charge in [-0.25, -0.2) is 0 Å². The molecule has 2 rings (SSSR count). The van der Waals surface area contributed by atoms with E-state index in [2.05, 4.69) is 0 Å². The number of carbonyl (C=O) groups is 1. The Labute approximate surface area is 99.4 Å². The number of anilines is 1. The van der Waals surface area contributed by atoms with Crippen LogP contribution >= 0.6 is 0 Å². The molecule has 0 aliphatic carbocycles. The van der Waals surface area contributed by atoms with Gasteiger partial charge in [-0.3, -0.25) is 4.79 Å². The summed E-state index contributed by atoms with van der Waals surface area (Å²) in [6.45, 7) is 1.24. The zero-order valence-electron chi connectivity index (χ0n) is 9.30. The third kappa shape index (κ3) is 2.55. The van der Waals surface area contributed by atoms with Crippen molar-refractivity contribution in [1.82, 2.24) is 4.90 Å². The number of carbonyl (C=O) groups excluding carboxylic acids is 1. The number of hydrogen-bond donors (Lipinski definition) is 1. The fourth-order valence-electron chi connectivity index (χ4n) is 1.72. The Hall–Kier alpha value is -2.06. The van der Waals surface area contributed by atoms with Crippen LogP contribution in [0, 0.1) is 11.3 Å². The molecular weight excluding hydrogens is 218 g/mol. The summed E-state index contributed by atoms with van der Waals surface area (Å²) in [7, 11) is 0. The van der Waals surface area contributed by atoms with Gasteiger partial charge in [-0.05, 0) is 24.3 Å². The first-order chi connectivity index (χ1) is 8.20. The number of ether oxygens (including phenoxy) is 1. The van der Waals surface area contributed by atoms with Crippen LogP contribution in [0.25, 0.3) is 0 Å². The molecule has 2 N–H and O–H groups in total. The van der Waals surface area contributed by atoms with Gasteiger partial charge in [-0.15, -0.1) is 0 Å². The molecule has 5 nitrogen and oxygen atoms in total. The highest BCUT2D eigenvalue weighted by atomic mass is 16.5. The molecule has 1 aliphatic heterocycles. The molecule has 17 heavy (non-hydrogen) atoms. The molecule has 1 atom stereocenters. The number of nitrogen functional groups attached to an aromatic ring is 1. The lowest BCUT2D eigenvalue weighted by atomic mass is 10.1. The van der Waals surface area contributed by atoms with Crippen molar-refractivity contribution in [3.8, 4) is 6.07 Å². The van der Waals surface area contributed by atoms with E-state index in [1.807, 2.05) is 6.07 Å². The Balaban J connectivity index is 2.09. The largest absolute Gasteiger partial charge is 0.399 e. The molecule has 1 unspecified atom stereocenters. The standard InChI is InChI=1S/C12H13N3O2/c13-7-11-8-15(5-6-17-11)12(16)9-1-3-10(14)4-2-9/h1-4,11H,5-6,8,14H2. The first-order valence-electron chi connectivity index (χ1n) is 5.37. The molecule has 0 bridgehead atoms. The molecule has 1 amide bonds. The van der Waals surface area contributed by atoms with E-state index in [1.165, 1.54) is 0 Å². The summed E-state index contributed by atoms with van der Waals surface area (Å²) in [5, 5.41) is 8.77. The van der Waals surface area contributed by atoms with Crippen molar-refractivity contribution in [2.24, 2.45) is 0 Å². The summed E-state index contributed by atoms with van der Waals surface area (Å²) in [5.41, 5.74) is 6.77. The maximum Gasteiger partial charge on any atom is 0.254 e. The van der Waals surface area contributed by atoms with E-state index in [9.17, 15) is 4.79 Å². The average Bonchev–Trinajstić information content (AvgIpc) is 2.39. The summed E-state index contributed by atoms with van der Waals surface area (Å²) in [6, 6.07) is 8.77. The topological polar surface area (TPSA) is 79.4 Å². The van der Waals surface area contributed by atoms with Gasteiger partial charge in [-0.2, -0.15) is 5.26 Å². The molecule has 1 aromatic carbocycles. The molecule has 5 heteroatoms. The quantitative estimate of drug-likeness (QED) is 0.719. The van der Waals surface area contributed by atoms with Crippen LogP contribution in [0.1, 0.15) is 10.4 Å². The fourth-order valence-corrected chi connectivity index (χ4v) is 1.72. The number of nitriles is 1. The van der Waals surface area contributed by atoms with Gasteiger partial charge in [0.05, 0.1) is 19.2 Å². The van der Waals surface area contributed by atoms with Crippen molar-refractivity contribution in [3.63, 3.8) is 0 Å². The van der Waals surface area contributed by atoms with Crippen LogP contribution in [0.4, 0.5) is 5.69 Å². The van der Waals surface area contributed by atoms with Gasteiger partial charge >= 0.3 is 0 Å². The van der Waals surface area contributed by atoms with Gasteiger partial charge in [0.2, 0.25) is 0 Å². The molecule has 1 aromatic rings. The molecule has 1 fully saturated rings. The lowest BCUT2D eigenvalue weighted by Gasteiger charge is -2.29. The minimum absolute atomic E-state index is 0.0893. The van der Waals surface area contributed by atoms with Crippen LogP contribution in [0.15, 0.2) is 24.3 Å². The molecule has 0 radical (unpaired) electrons. The Morgan fingerprint density at radius 3 is 2.82 bits per heavy atom. The van der Waals surface area contributed by atoms with Crippen molar-refractivity contribution < 1.29 is 9.53 Å². The number of rotatable bonds is 1. The highest BCUT2D eigenvalue weighted by molar-refractivity contribution is 5.94. The number of hydrogen-bond acceptors (Lipinski definition) is 4. The fraction of sp³-hybridized carbons (Fsp3) is 0.333. The average molecular weight is 231 g/mol. The number of morpholine rings is 1. The van der Waals surface area contributed by atoms with Gasteiger partial charge in [-0.1, -0.05) is 0 Å². The van der Waals surface area contributed by atoms with E-state index in [-0.39, 0.29) is 5.91 Å². The van der Waals surface area contributed by atoms with Crippen LogP contribution in [0.2, 0.25) is 0 Å². The summed E-state index contributed by atoms with van der Waals surface area (Å²) in [5.74, 6) is -0.0893. The van der Waals surface area contributed by atoms with Crippen molar-refractivity contribution in [2.75, 3.05) is 25.4 Å². The Kier molecular flexibility index (Phi) is 3.26. The number of amides is 1. The number of nitrogens with two attached hydrogens (primary N) is 1. The maximum absolute atomic E-state index is 12.1. The SMILES string of the molecule is N#CC1CN(C(=O)c2ccc(N)cc2)CCO1. The predicted molar refractivity (Wildman–Crippen MR) is 62.1 cm³/mol. The summed E-state index contributed by atoms with van der Waals surface area (Å²) < 4.78 is 5.19. The highest BCUT2D eigenvalue weighted by Gasteiger charge is 2.24. The van der Waals surface area contributed by atoms with Crippen molar-refractivity contribution in [2.45, 2.75) is 6.10 Å². The molecular formula is C12H13N3O2. The van der Waals surface area contributed by atoms with E-state index in [1.54, 1.807) is 29.2 Å². The molecule has 0 spiro atoms. The minimum atomic E-state index is -0.526. The maximum atomic E-state index is 12.1. The number of benzene rings is 1. The second-order valence-electron chi connectivity index (χ2n) is 3.86. The second-order valence-corrected chi connectivity index (χ2v) is 3.86. The zero-order valence-corrected chi connectivity index (χ0v) is 9.30. The van der Waals surface area contributed by atoms with Crippen LogP contribution in [0.3, 0.4) is 0 Å². The molecule has 0 saturated carbocycles. The van der Waals surface area contributed by atoms with Crippen LogP contribution in [-0.4, -0.2) is 36.6 Å². The summed E-state index contributed by atoms with van der Waals surface area (Å²) in [4.78, 5) is 13.7. The Morgan fingerprint density at radius 1 is 1.47 bits per heavy atom. The van der Waals surface area contributed by atoms with Gasteiger partial charge < -0.3 is 15.4 Å². The smallest absolute Gasteiger partial charge is 0.254 e. The van der Waals surface area contributed by atoms with Crippen LogP contribution < -0.4 is 5.73 Å². The summed E-state index contributed by atoms with van der Waals surface area (Å²) in [6.07, 6.45) is -0.526. The predicted octanol–water partition coefficient (Wildman–Crippen LogP) is 0.633. The van der Waals surface area contributed by atoms with Crippen molar-refractivity contribution >= 4 is 11.6 Å². The molecule has 1 saturated heterocycles.